The normalized spacial score (nSPS) is 23.8. The molecule has 1 aliphatic rings. The van der Waals surface area contributed by atoms with Crippen LogP contribution in [-0.4, -0.2) is 16.7 Å². The summed E-state index contributed by atoms with van der Waals surface area (Å²) in [5.74, 6) is 0. The van der Waals surface area contributed by atoms with Gasteiger partial charge in [-0.15, -0.1) is 0 Å². The lowest BCUT2D eigenvalue weighted by molar-refractivity contribution is 0.531. The Labute approximate surface area is 68.3 Å². The molecule has 0 fully saturated rings. The van der Waals surface area contributed by atoms with Gasteiger partial charge in [-0.2, -0.15) is 0 Å². The van der Waals surface area contributed by atoms with Crippen molar-refractivity contribution >= 4 is 21.6 Å². The van der Waals surface area contributed by atoms with Gasteiger partial charge in [0.1, 0.15) is 0 Å². The smallest absolute Gasteiger partial charge is 0.0934 e. The third-order valence-corrected chi connectivity index (χ3v) is 2.99. The van der Waals surface area contributed by atoms with Gasteiger partial charge in [-0.1, -0.05) is 33.7 Å². The Hall–Kier alpha value is -0.0600. The minimum Gasteiger partial charge on any atom is -0.758 e. The summed E-state index contributed by atoms with van der Waals surface area (Å²) in [4.78, 5) is 0. The Bertz CT molecular complexity index is 158. The summed E-state index contributed by atoms with van der Waals surface area (Å²) in [6, 6.07) is 0. The zero-order valence-corrected chi connectivity index (χ0v) is 7.19. The van der Waals surface area contributed by atoms with Gasteiger partial charge in [0, 0.05) is 0 Å². The van der Waals surface area contributed by atoms with Crippen LogP contribution >= 0.6 is 21.6 Å². The van der Waals surface area contributed by atoms with Crippen molar-refractivity contribution in [3.8, 4) is 0 Å². The highest BCUT2D eigenvalue weighted by atomic mass is 33.1. The van der Waals surface area contributed by atoms with E-state index in [1.807, 2.05) is 18.4 Å². The standard InChI is InChI=1S/C6H8NOS2/c1-9-10-6-4-2-3-5-7(6)8/h2-6H,1H3/q-1. The van der Waals surface area contributed by atoms with Crippen LogP contribution in [0, 0.1) is 5.21 Å². The van der Waals surface area contributed by atoms with Crippen molar-refractivity contribution in [2.75, 3.05) is 6.26 Å². The van der Waals surface area contributed by atoms with Crippen LogP contribution in [0.3, 0.4) is 0 Å². The number of rotatable bonds is 2. The number of nitrogens with zero attached hydrogens (tertiary/aromatic N) is 1. The van der Waals surface area contributed by atoms with Crippen LogP contribution in [0.15, 0.2) is 24.4 Å². The van der Waals surface area contributed by atoms with Gasteiger partial charge >= 0.3 is 0 Å². The van der Waals surface area contributed by atoms with Crippen molar-refractivity contribution in [1.82, 2.24) is 5.06 Å². The molecular weight excluding hydrogens is 166 g/mol. The van der Waals surface area contributed by atoms with E-state index in [9.17, 15) is 5.21 Å². The van der Waals surface area contributed by atoms with E-state index in [0.717, 1.165) is 5.06 Å². The first kappa shape index (κ1) is 8.04. The summed E-state index contributed by atoms with van der Waals surface area (Å²) in [5, 5.41) is 11.8. The summed E-state index contributed by atoms with van der Waals surface area (Å²) in [6.45, 7) is 0. The Morgan fingerprint density at radius 3 is 2.90 bits per heavy atom. The van der Waals surface area contributed by atoms with E-state index in [2.05, 4.69) is 0 Å². The molecule has 1 atom stereocenters. The van der Waals surface area contributed by atoms with Crippen LogP contribution < -0.4 is 0 Å². The Morgan fingerprint density at radius 1 is 1.50 bits per heavy atom. The minimum absolute atomic E-state index is 0.0417. The Balaban J connectivity index is 2.44. The van der Waals surface area contributed by atoms with Crippen LogP contribution in [0.25, 0.3) is 0 Å². The van der Waals surface area contributed by atoms with Gasteiger partial charge in [0.05, 0.1) is 5.37 Å². The number of hydroxylamine groups is 2. The molecule has 0 aliphatic carbocycles. The van der Waals surface area contributed by atoms with Gasteiger partial charge in [0.15, 0.2) is 0 Å². The van der Waals surface area contributed by atoms with Crippen molar-refractivity contribution in [3.63, 3.8) is 0 Å². The summed E-state index contributed by atoms with van der Waals surface area (Å²) in [7, 11) is 3.15. The number of hydrogen-bond acceptors (Lipinski definition) is 4. The molecule has 56 valence electrons. The highest BCUT2D eigenvalue weighted by Crippen LogP contribution is 2.28. The first-order valence-electron chi connectivity index (χ1n) is 2.84. The van der Waals surface area contributed by atoms with E-state index in [1.54, 1.807) is 27.7 Å². The van der Waals surface area contributed by atoms with Gasteiger partial charge in [-0.05, 0) is 18.5 Å². The predicted molar refractivity (Wildman–Crippen MR) is 48.4 cm³/mol. The third kappa shape index (κ3) is 1.97. The Kier molecular flexibility index (Phi) is 3.18. The molecule has 1 rings (SSSR count). The molecule has 0 saturated heterocycles. The van der Waals surface area contributed by atoms with E-state index in [4.69, 9.17) is 0 Å². The fourth-order valence-corrected chi connectivity index (χ4v) is 2.18. The molecule has 1 aliphatic heterocycles. The highest BCUT2D eigenvalue weighted by Gasteiger charge is 2.04. The van der Waals surface area contributed by atoms with Gasteiger partial charge < -0.3 is 10.3 Å². The van der Waals surface area contributed by atoms with E-state index in [-0.39, 0.29) is 5.37 Å². The molecule has 0 spiro atoms. The molecule has 0 bridgehead atoms. The summed E-state index contributed by atoms with van der Waals surface area (Å²) < 4.78 is 0. The van der Waals surface area contributed by atoms with Crippen molar-refractivity contribution < 1.29 is 0 Å². The topological polar surface area (TPSA) is 26.3 Å². The predicted octanol–water partition coefficient (Wildman–Crippen LogP) is 2.21. The summed E-state index contributed by atoms with van der Waals surface area (Å²) >= 11 is 0. The van der Waals surface area contributed by atoms with Crippen molar-refractivity contribution in [3.05, 3.63) is 29.6 Å². The van der Waals surface area contributed by atoms with Crippen molar-refractivity contribution in [1.29, 1.82) is 0 Å². The Morgan fingerprint density at radius 2 is 2.30 bits per heavy atom. The van der Waals surface area contributed by atoms with Crippen molar-refractivity contribution in [2.45, 2.75) is 5.37 Å². The van der Waals surface area contributed by atoms with Crippen LogP contribution in [0.1, 0.15) is 0 Å². The van der Waals surface area contributed by atoms with E-state index >= 15 is 0 Å². The lowest BCUT2D eigenvalue weighted by Crippen LogP contribution is -2.20. The maximum atomic E-state index is 10.9. The monoisotopic (exact) mass is 174 g/mol. The third-order valence-electron chi connectivity index (χ3n) is 1.07. The fourth-order valence-electron chi connectivity index (χ4n) is 0.636. The van der Waals surface area contributed by atoms with E-state index in [0.29, 0.717) is 0 Å². The van der Waals surface area contributed by atoms with Gasteiger partial charge in [0.25, 0.3) is 0 Å². The van der Waals surface area contributed by atoms with Crippen LogP contribution in [0.2, 0.25) is 0 Å². The minimum atomic E-state index is -0.0417. The molecule has 2 nitrogen and oxygen atoms in total. The first-order valence-corrected chi connectivity index (χ1v) is 5.46. The zero-order valence-electron chi connectivity index (χ0n) is 5.56. The van der Waals surface area contributed by atoms with E-state index in [1.165, 1.54) is 6.20 Å². The van der Waals surface area contributed by atoms with Gasteiger partial charge in [-0.3, -0.25) is 0 Å². The number of hydrogen-bond donors (Lipinski definition) is 0. The second-order valence-electron chi connectivity index (χ2n) is 1.74. The molecule has 0 radical (unpaired) electrons. The largest absolute Gasteiger partial charge is 0.758 e. The quantitative estimate of drug-likeness (QED) is 0.599. The van der Waals surface area contributed by atoms with Gasteiger partial charge in [0.2, 0.25) is 0 Å². The van der Waals surface area contributed by atoms with Gasteiger partial charge in [-0.25, -0.2) is 0 Å². The lowest BCUT2D eigenvalue weighted by Gasteiger charge is -2.34. The second-order valence-corrected chi connectivity index (χ2v) is 4.33. The average Bonchev–Trinajstić information content (AvgIpc) is 1.94. The van der Waals surface area contributed by atoms with Crippen molar-refractivity contribution in [2.24, 2.45) is 0 Å². The van der Waals surface area contributed by atoms with Crippen LogP contribution in [0.5, 0.6) is 0 Å². The molecule has 0 aromatic heterocycles. The fraction of sp³-hybridized carbons (Fsp3) is 0.333. The summed E-state index contributed by atoms with van der Waals surface area (Å²) in [6.07, 6.45) is 9.01. The molecule has 4 heteroatoms. The van der Waals surface area contributed by atoms with E-state index < -0.39 is 0 Å². The van der Waals surface area contributed by atoms with Crippen LogP contribution in [-0.2, 0) is 0 Å². The molecule has 10 heavy (non-hydrogen) atoms. The molecule has 0 aromatic rings. The maximum absolute atomic E-state index is 10.9. The molecular formula is C6H8NOS2-. The molecule has 0 amide bonds. The molecule has 0 aromatic carbocycles. The summed E-state index contributed by atoms with van der Waals surface area (Å²) in [5.41, 5.74) is 0. The molecule has 0 saturated carbocycles. The molecule has 1 unspecified atom stereocenters. The average molecular weight is 174 g/mol. The lowest BCUT2D eigenvalue weighted by atomic mass is 10.4. The second kappa shape index (κ2) is 3.95. The molecule has 1 heterocycles. The SMILES string of the molecule is CSSC1C=CC=CN1[O-]. The highest BCUT2D eigenvalue weighted by molar-refractivity contribution is 8.76. The number of allylic oxidation sites excluding steroid dienone is 2. The maximum Gasteiger partial charge on any atom is 0.0934 e. The zero-order chi connectivity index (χ0) is 7.40. The molecule has 0 N–H and O–H groups in total. The van der Waals surface area contributed by atoms with Crippen LogP contribution in [0.4, 0.5) is 0 Å². The first-order chi connectivity index (χ1) is 4.84.